The second-order valence-corrected chi connectivity index (χ2v) is 8.90. The van der Waals surface area contributed by atoms with E-state index in [0.717, 1.165) is 24.0 Å². The summed E-state index contributed by atoms with van der Waals surface area (Å²) in [5.74, 6) is -0.698. The first kappa shape index (κ1) is 28.4. The maximum absolute atomic E-state index is 13.0. The van der Waals surface area contributed by atoms with Crippen molar-refractivity contribution in [3.8, 4) is 11.1 Å². The largest absolute Gasteiger partial charge is 0.449 e. The number of hydrogen-bond donors (Lipinski definition) is 3. The lowest BCUT2D eigenvalue weighted by atomic mass is 10.0. The Balaban J connectivity index is 1.51. The Bertz CT molecular complexity index is 1200. The van der Waals surface area contributed by atoms with Gasteiger partial charge in [-0.05, 0) is 66.8 Å². The number of ether oxygens (including phenoxy) is 1. The zero-order valence-corrected chi connectivity index (χ0v) is 21.6. The predicted octanol–water partition coefficient (Wildman–Crippen LogP) is 7.37. The molecule has 7 nitrogen and oxygen atoms in total. The molecule has 3 aromatic carbocycles. The number of carbonyl (C=O) groups is 3. The molecular formula is C30H34FN3O4. The quantitative estimate of drug-likeness (QED) is 0.205. The second kappa shape index (κ2) is 15.1. The third kappa shape index (κ3) is 9.69. The van der Waals surface area contributed by atoms with Crippen LogP contribution in [0.4, 0.5) is 26.2 Å². The standard InChI is InChI=1S/C30H34FN3O4/c1-2-3-20-38-30(37)34-26-19-14-23(22-10-6-4-7-11-22)21-27(26)33-29(36)13-9-5-8-12-28(35)32-25-17-15-24(31)16-18-25/h4,6-7,10-11,14-19,21H,2-3,5,8-9,12-13,20H2,1H3,(H,32,35)(H,33,36)(H,34,37). The van der Waals surface area contributed by atoms with Crippen molar-refractivity contribution in [2.75, 3.05) is 22.6 Å². The zero-order valence-electron chi connectivity index (χ0n) is 21.6. The highest BCUT2D eigenvalue weighted by Gasteiger charge is 2.13. The molecule has 0 aliphatic heterocycles. The molecule has 3 rings (SSSR count). The average molecular weight is 520 g/mol. The summed E-state index contributed by atoms with van der Waals surface area (Å²) in [4.78, 5) is 37.0. The fourth-order valence-corrected chi connectivity index (χ4v) is 3.74. The number of benzene rings is 3. The topological polar surface area (TPSA) is 96.5 Å². The Morgan fingerprint density at radius 3 is 2.08 bits per heavy atom. The highest BCUT2D eigenvalue weighted by molar-refractivity contribution is 5.99. The van der Waals surface area contributed by atoms with Crippen LogP contribution >= 0.6 is 0 Å². The summed E-state index contributed by atoms with van der Waals surface area (Å²) in [5, 5.41) is 8.36. The Kier molecular flexibility index (Phi) is 11.3. The molecule has 3 N–H and O–H groups in total. The molecule has 0 saturated heterocycles. The van der Waals surface area contributed by atoms with Crippen molar-refractivity contribution in [1.82, 2.24) is 0 Å². The Morgan fingerprint density at radius 2 is 1.39 bits per heavy atom. The molecule has 0 heterocycles. The number of carbonyl (C=O) groups excluding carboxylic acids is 3. The van der Waals surface area contributed by atoms with E-state index in [1.807, 2.05) is 49.4 Å². The molecule has 3 amide bonds. The molecule has 0 aliphatic carbocycles. The van der Waals surface area contributed by atoms with E-state index in [1.54, 1.807) is 6.07 Å². The smallest absolute Gasteiger partial charge is 0.411 e. The number of hydrogen-bond acceptors (Lipinski definition) is 4. The molecule has 0 aliphatic rings. The van der Waals surface area contributed by atoms with Crippen LogP contribution in [0.5, 0.6) is 0 Å². The van der Waals surface area contributed by atoms with Crippen molar-refractivity contribution < 1.29 is 23.5 Å². The summed E-state index contributed by atoms with van der Waals surface area (Å²) in [5.41, 5.74) is 3.38. The average Bonchev–Trinajstić information content (AvgIpc) is 2.91. The van der Waals surface area contributed by atoms with E-state index in [1.165, 1.54) is 24.3 Å². The van der Waals surface area contributed by atoms with E-state index < -0.39 is 6.09 Å². The highest BCUT2D eigenvalue weighted by Crippen LogP contribution is 2.29. The fraction of sp³-hybridized carbons (Fsp3) is 0.300. The first-order chi connectivity index (χ1) is 18.4. The van der Waals surface area contributed by atoms with E-state index >= 15 is 0 Å². The lowest BCUT2D eigenvalue weighted by molar-refractivity contribution is -0.116. The van der Waals surface area contributed by atoms with E-state index in [2.05, 4.69) is 16.0 Å². The minimum absolute atomic E-state index is 0.152. The van der Waals surface area contributed by atoms with Crippen LogP contribution < -0.4 is 16.0 Å². The van der Waals surface area contributed by atoms with Gasteiger partial charge in [-0.15, -0.1) is 0 Å². The molecule has 0 spiro atoms. The van der Waals surface area contributed by atoms with Crippen molar-refractivity contribution in [2.24, 2.45) is 0 Å². The number of halogens is 1. The first-order valence-electron chi connectivity index (χ1n) is 12.9. The SMILES string of the molecule is CCCCOC(=O)Nc1ccc(-c2ccccc2)cc1NC(=O)CCCCCC(=O)Nc1ccc(F)cc1. The highest BCUT2D eigenvalue weighted by atomic mass is 19.1. The third-order valence-electron chi connectivity index (χ3n) is 5.80. The van der Waals surface area contributed by atoms with Gasteiger partial charge in [0.1, 0.15) is 5.82 Å². The van der Waals surface area contributed by atoms with Crippen LogP contribution in [0, 0.1) is 5.82 Å². The lowest BCUT2D eigenvalue weighted by Crippen LogP contribution is -2.18. The summed E-state index contributed by atoms with van der Waals surface area (Å²) in [6.07, 6.45) is 3.64. The molecule has 200 valence electrons. The van der Waals surface area contributed by atoms with Gasteiger partial charge in [0.2, 0.25) is 11.8 Å². The summed E-state index contributed by atoms with van der Waals surface area (Å²) in [6, 6.07) is 20.8. The van der Waals surface area contributed by atoms with E-state index in [9.17, 15) is 18.8 Å². The van der Waals surface area contributed by atoms with Crippen LogP contribution in [0.3, 0.4) is 0 Å². The Morgan fingerprint density at radius 1 is 0.711 bits per heavy atom. The maximum Gasteiger partial charge on any atom is 0.411 e. The number of nitrogens with one attached hydrogen (secondary N) is 3. The molecule has 3 aromatic rings. The Labute approximate surface area is 222 Å². The van der Waals surface area contributed by atoms with Crippen molar-refractivity contribution in [2.45, 2.75) is 51.9 Å². The molecule has 0 fully saturated rings. The number of anilines is 3. The van der Waals surface area contributed by atoms with Gasteiger partial charge in [0.05, 0.1) is 18.0 Å². The van der Waals surface area contributed by atoms with Gasteiger partial charge in [0.15, 0.2) is 0 Å². The summed E-state index contributed by atoms with van der Waals surface area (Å²) < 4.78 is 18.2. The van der Waals surface area contributed by atoms with Gasteiger partial charge >= 0.3 is 6.09 Å². The van der Waals surface area contributed by atoms with E-state index in [4.69, 9.17) is 4.74 Å². The van der Waals surface area contributed by atoms with Crippen molar-refractivity contribution >= 4 is 35.0 Å². The summed E-state index contributed by atoms with van der Waals surface area (Å²) >= 11 is 0. The van der Waals surface area contributed by atoms with Gasteiger partial charge in [0, 0.05) is 18.5 Å². The fourth-order valence-electron chi connectivity index (χ4n) is 3.74. The van der Waals surface area contributed by atoms with Gasteiger partial charge in [-0.3, -0.25) is 14.9 Å². The van der Waals surface area contributed by atoms with Crippen molar-refractivity contribution in [3.63, 3.8) is 0 Å². The van der Waals surface area contributed by atoms with Crippen LogP contribution in [0.2, 0.25) is 0 Å². The van der Waals surface area contributed by atoms with Gasteiger partial charge < -0.3 is 15.4 Å². The number of rotatable bonds is 13. The normalized spacial score (nSPS) is 10.5. The van der Waals surface area contributed by atoms with Gasteiger partial charge in [0.25, 0.3) is 0 Å². The first-order valence-corrected chi connectivity index (χ1v) is 12.9. The monoisotopic (exact) mass is 519 g/mol. The molecule has 0 bridgehead atoms. The lowest BCUT2D eigenvalue weighted by Gasteiger charge is -2.15. The molecule has 8 heteroatoms. The van der Waals surface area contributed by atoms with Gasteiger partial charge in [-0.25, -0.2) is 9.18 Å². The minimum Gasteiger partial charge on any atom is -0.449 e. The summed E-state index contributed by atoms with van der Waals surface area (Å²) in [7, 11) is 0. The van der Waals surface area contributed by atoms with Gasteiger partial charge in [-0.2, -0.15) is 0 Å². The van der Waals surface area contributed by atoms with Crippen LogP contribution in [-0.4, -0.2) is 24.5 Å². The Hall–Kier alpha value is -4.20. The van der Waals surface area contributed by atoms with E-state index in [0.29, 0.717) is 49.4 Å². The molecule has 38 heavy (non-hydrogen) atoms. The van der Waals surface area contributed by atoms with Crippen molar-refractivity contribution in [3.05, 3.63) is 78.6 Å². The number of unbranched alkanes of at least 4 members (excludes halogenated alkanes) is 3. The predicted molar refractivity (Wildman–Crippen MR) is 149 cm³/mol. The van der Waals surface area contributed by atoms with Crippen LogP contribution in [-0.2, 0) is 14.3 Å². The maximum atomic E-state index is 13.0. The minimum atomic E-state index is -0.569. The van der Waals surface area contributed by atoms with E-state index in [-0.39, 0.29) is 24.1 Å². The molecule has 0 saturated carbocycles. The molecule has 0 radical (unpaired) electrons. The zero-order chi connectivity index (χ0) is 27.2. The second-order valence-electron chi connectivity index (χ2n) is 8.90. The van der Waals surface area contributed by atoms with Crippen LogP contribution in [0.1, 0.15) is 51.9 Å². The molecular weight excluding hydrogens is 485 g/mol. The van der Waals surface area contributed by atoms with Crippen molar-refractivity contribution in [1.29, 1.82) is 0 Å². The summed E-state index contributed by atoms with van der Waals surface area (Å²) in [6.45, 7) is 2.34. The molecule has 0 atom stereocenters. The van der Waals surface area contributed by atoms with Crippen LogP contribution in [0.15, 0.2) is 72.8 Å². The number of amides is 3. The third-order valence-corrected chi connectivity index (χ3v) is 5.80. The van der Waals surface area contributed by atoms with Crippen LogP contribution in [0.25, 0.3) is 11.1 Å². The molecule has 0 aromatic heterocycles. The van der Waals surface area contributed by atoms with Gasteiger partial charge in [-0.1, -0.05) is 56.2 Å². The molecule has 0 unspecified atom stereocenters.